The molecule has 0 saturated heterocycles. The van der Waals surface area contributed by atoms with E-state index in [2.05, 4.69) is 5.32 Å². The summed E-state index contributed by atoms with van der Waals surface area (Å²) in [5.41, 5.74) is 2.42. The maximum Gasteiger partial charge on any atom is 0.244 e. The Labute approximate surface area is 258 Å². The molecule has 0 saturated carbocycles. The number of methoxy groups -OCH3 is 1. The summed E-state index contributed by atoms with van der Waals surface area (Å²) in [5.74, 6) is -0.629. The molecule has 0 bridgehead atoms. The highest BCUT2D eigenvalue weighted by Crippen LogP contribution is 2.32. The molecule has 0 heterocycles. The molecular weight excluding hydrogens is 597 g/mol. The van der Waals surface area contributed by atoms with Crippen LogP contribution in [0.5, 0.6) is 5.75 Å². The van der Waals surface area contributed by atoms with Gasteiger partial charge in [-0.15, -0.1) is 0 Å². The maximum atomic E-state index is 14.2. The van der Waals surface area contributed by atoms with Gasteiger partial charge in [0, 0.05) is 29.6 Å². The summed E-state index contributed by atoms with van der Waals surface area (Å²) in [7, 11) is -2.51. The largest absolute Gasteiger partial charge is 0.495 e. The topological polar surface area (TPSA) is 96.0 Å². The predicted octanol–water partition coefficient (Wildman–Crippen LogP) is 5.63. The van der Waals surface area contributed by atoms with Crippen LogP contribution in [-0.2, 0) is 32.6 Å². The van der Waals surface area contributed by atoms with E-state index in [0.29, 0.717) is 27.9 Å². The number of aryl methyl sites for hydroxylation is 1. The van der Waals surface area contributed by atoms with E-state index in [9.17, 15) is 18.0 Å². The van der Waals surface area contributed by atoms with Crippen LogP contribution in [0.4, 0.5) is 5.69 Å². The summed E-state index contributed by atoms with van der Waals surface area (Å²) in [6.45, 7) is 3.68. The van der Waals surface area contributed by atoms with Crippen LogP contribution in [0.15, 0.2) is 66.7 Å². The van der Waals surface area contributed by atoms with Gasteiger partial charge in [0.2, 0.25) is 21.8 Å². The molecule has 3 aromatic carbocycles. The predicted molar refractivity (Wildman–Crippen MR) is 169 cm³/mol. The highest BCUT2D eigenvalue weighted by Gasteiger charge is 2.34. The summed E-state index contributed by atoms with van der Waals surface area (Å²) in [4.78, 5) is 29.3. The minimum atomic E-state index is -3.94. The molecule has 3 rings (SSSR count). The summed E-state index contributed by atoms with van der Waals surface area (Å²) >= 11 is 12.6. The molecule has 42 heavy (non-hydrogen) atoms. The zero-order valence-corrected chi connectivity index (χ0v) is 26.6. The lowest BCUT2D eigenvalue weighted by Gasteiger charge is -2.34. The molecule has 226 valence electrons. The van der Waals surface area contributed by atoms with Crippen molar-refractivity contribution in [3.8, 4) is 5.75 Å². The number of rotatable bonds is 14. The van der Waals surface area contributed by atoms with E-state index < -0.39 is 28.5 Å². The lowest BCUT2D eigenvalue weighted by atomic mass is 10.0. The van der Waals surface area contributed by atoms with Crippen molar-refractivity contribution in [2.75, 3.05) is 30.8 Å². The minimum absolute atomic E-state index is 0.0455. The van der Waals surface area contributed by atoms with Gasteiger partial charge in [-0.1, -0.05) is 79.0 Å². The van der Waals surface area contributed by atoms with Crippen LogP contribution >= 0.6 is 23.2 Å². The number of hydrogen-bond donors (Lipinski definition) is 1. The van der Waals surface area contributed by atoms with Gasteiger partial charge in [-0.2, -0.15) is 0 Å². The second kappa shape index (κ2) is 15.3. The van der Waals surface area contributed by atoms with Crippen molar-refractivity contribution >= 4 is 50.7 Å². The van der Waals surface area contributed by atoms with Gasteiger partial charge in [0.15, 0.2) is 0 Å². The van der Waals surface area contributed by atoms with Gasteiger partial charge in [0.05, 0.1) is 19.1 Å². The first-order chi connectivity index (χ1) is 19.9. The zero-order valence-electron chi connectivity index (χ0n) is 24.3. The molecule has 11 heteroatoms. The number of nitrogens with one attached hydrogen (secondary N) is 1. The SMILES string of the molecule is CCCCNC(=O)[C@@H](Cc1ccccc1)N(Cc1ccc(Cl)cc1Cl)C(=O)CN(c1cc(C)ccc1OC)S(C)(=O)=O. The monoisotopic (exact) mass is 633 g/mol. The molecule has 0 aliphatic rings. The molecule has 0 radical (unpaired) electrons. The smallest absolute Gasteiger partial charge is 0.244 e. The molecule has 0 spiro atoms. The second-order valence-corrected chi connectivity index (χ2v) is 12.8. The van der Waals surface area contributed by atoms with E-state index in [4.69, 9.17) is 27.9 Å². The van der Waals surface area contributed by atoms with E-state index in [1.165, 1.54) is 12.0 Å². The van der Waals surface area contributed by atoms with E-state index in [1.807, 2.05) is 44.2 Å². The first-order valence-corrected chi connectivity index (χ1v) is 16.2. The van der Waals surface area contributed by atoms with Crippen molar-refractivity contribution in [1.82, 2.24) is 10.2 Å². The molecule has 8 nitrogen and oxygen atoms in total. The van der Waals surface area contributed by atoms with Crippen molar-refractivity contribution in [1.29, 1.82) is 0 Å². The number of ether oxygens (including phenoxy) is 1. The Morgan fingerprint density at radius 3 is 2.36 bits per heavy atom. The Morgan fingerprint density at radius 2 is 1.74 bits per heavy atom. The molecule has 0 fully saturated rings. The molecule has 1 N–H and O–H groups in total. The molecule has 3 aromatic rings. The van der Waals surface area contributed by atoms with Crippen molar-refractivity contribution < 1.29 is 22.7 Å². The second-order valence-electron chi connectivity index (χ2n) is 10.1. The van der Waals surface area contributed by atoms with Crippen LogP contribution in [0.1, 0.15) is 36.5 Å². The Kier molecular flexibility index (Phi) is 12.1. The van der Waals surface area contributed by atoms with Crippen LogP contribution in [-0.4, -0.2) is 57.6 Å². The highest BCUT2D eigenvalue weighted by atomic mass is 35.5. The normalized spacial score (nSPS) is 12.0. The summed E-state index contributed by atoms with van der Waals surface area (Å²) in [6.07, 6.45) is 2.90. The number of hydrogen-bond acceptors (Lipinski definition) is 5. The van der Waals surface area contributed by atoms with Crippen molar-refractivity contribution in [2.24, 2.45) is 0 Å². The van der Waals surface area contributed by atoms with E-state index in [0.717, 1.165) is 34.5 Å². The third-order valence-electron chi connectivity index (χ3n) is 6.74. The zero-order chi connectivity index (χ0) is 30.9. The summed E-state index contributed by atoms with van der Waals surface area (Å²) in [6, 6.07) is 18.4. The first-order valence-electron chi connectivity index (χ1n) is 13.6. The number of amides is 2. The third kappa shape index (κ3) is 9.11. The van der Waals surface area contributed by atoms with Crippen LogP contribution in [0, 0.1) is 6.92 Å². The quantitative estimate of drug-likeness (QED) is 0.232. The van der Waals surface area contributed by atoms with Crippen molar-refractivity contribution in [3.05, 3.63) is 93.5 Å². The summed E-state index contributed by atoms with van der Waals surface area (Å²) < 4.78 is 32.6. The fraction of sp³-hybridized carbons (Fsp3) is 0.355. The third-order valence-corrected chi connectivity index (χ3v) is 8.45. The molecule has 2 amide bonds. The van der Waals surface area contributed by atoms with Gasteiger partial charge < -0.3 is 15.0 Å². The van der Waals surface area contributed by atoms with Gasteiger partial charge >= 0.3 is 0 Å². The fourth-order valence-corrected chi connectivity index (χ4v) is 5.80. The van der Waals surface area contributed by atoms with Gasteiger partial charge in [-0.05, 0) is 54.3 Å². The fourth-order valence-electron chi connectivity index (χ4n) is 4.48. The van der Waals surface area contributed by atoms with Crippen LogP contribution < -0.4 is 14.4 Å². The van der Waals surface area contributed by atoms with E-state index in [1.54, 1.807) is 36.4 Å². The number of benzene rings is 3. The van der Waals surface area contributed by atoms with Crippen LogP contribution in [0.3, 0.4) is 0 Å². The number of sulfonamides is 1. The number of anilines is 1. The number of nitrogens with zero attached hydrogens (tertiary/aromatic N) is 2. The Balaban J connectivity index is 2.10. The first kappa shape index (κ1) is 33.2. The number of unbranched alkanes of at least 4 members (excludes halogenated alkanes) is 1. The van der Waals surface area contributed by atoms with Crippen molar-refractivity contribution in [2.45, 2.75) is 45.7 Å². The number of halogens is 2. The van der Waals surface area contributed by atoms with Gasteiger partial charge in [0.1, 0.15) is 18.3 Å². The lowest BCUT2D eigenvalue weighted by molar-refractivity contribution is -0.140. The Hall–Kier alpha value is -3.27. The molecular formula is C31H37Cl2N3O5S. The lowest BCUT2D eigenvalue weighted by Crippen LogP contribution is -2.53. The van der Waals surface area contributed by atoms with Crippen LogP contribution in [0.25, 0.3) is 0 Å². The minimum Gasteiger partial charge on any atom is -0.495 e. The standard InChI is InChI=1S/C31H37Cl2N3O5S/c1-5-6-16-34-31(38)28(18-23-10-8-7-9-11-23)35(20-24-13-14-25(32)19-26(24)33)30(37)21-36(42(4,39)40)27-17-22(2)12-15-29(27)41-3/h7-15,17,19,28H,5-6,16,18,20-21H2,1-4H3,(H,34,38)/t28-/m1/s1. The molecule has 0 unspecified atom stereocenters. The molecule has 0 aromatic heterocycles. The molecule has 0 aliphatic heterocycles. The van der Waals surface area contributed by atoms with E-state index in [-0.39, 0.29) is 24.6 Å². The average Bonchev–Trinajstić information content (AvgIpc) is 2.94. The van der Waals surface area contributed by atoms with Gasteiger partial charge in [-0.25, -0.2) is 8.42 Å². The van der Waals surface area contributed by atoms with Gasteiger partial charge in [0.25, 0.3) is 0 Å². The molecule has 0 aliphatic carbocycles. The van der Waals surface area contributed by atoms with Gasteiger partial charge in [-0.3, -0.25) is 13.9 Å². The Bertz CT molecular complexity index is 1490. The Morgan fingerprint density at radius 1 is 1.02 bits per heavy atom. The molecule has 1 atom stereocenters. The maximum absolute atomic E-state index is 14.2. The average molecular weight is 635 g/mol. The number of carbonyl (C=O) groups is 2. The highest BCUT2D eigenvalue weighted by molar-refractivity contribution is 7.92. The number of carbonyl (C=O) groups excluding carboxylic acids is 2. The van der Waals surface area contributed by atoms with Crippen LogP contribution in [0.2, 0.25) is 10.0 Å². The van der Waals surface area contributed by atoms with Crippen molar-refractivity contribution in [3.63, 3.8) is 0 Å². The van der Waals surface area contributed by atoms with E-state index >= 15 is 0 Å². The summed E-state index contributed by atoms with van der Waals surface area (Å²) in [5, 5.41) is 3.70.